The Kier molecular flexibility index (Phi) is 7.47. The number of rotatable bonds is 7. The summed E-state index contributed by atoms with van der Waals surface area (Å²) < 4.78 is 0.774. The van der Waals surface area contributed by atoms with Crippen molar-refractivity contribution in [2.75, 3.05) is 6.54 Å². The Morgan fingerprint density at radius 2 is 2.16 bits per heavy atom. The van der Waals surface area contributed by atoms with Crippen LogP contribution in [0.3, 0.4) is 0 Å². The van der Waals surface area contributed by atoms with Crippen LogP contribution in [-0.4, -0.2) is 12.5 Å². The molecule has 19 heavy (non-hydrogen) atoms. The molecular weight excluding hydrogens is 326 g/mol. The summed E-state index contributed by atoms with van der Waals surface area (Å²) in [6.45, 7) is 5.09. The molecule has 0 heterocycles. The van der Waals surface area contributed by atoms with E-state index in [1.807, 2.05) is 0 Å². The molecule has 1 N–H and O–H groups in total. The molecule has 1 aromatic rings. The summed E-state index contributed by atoms with van der Waals surface area (Å²) in [5.41, 5.74) is 0.595. The molecule has 0 radical (unpaired) electrons. The lowest BCUT2D eigenvalue weighted by molar-refractivity contribution is 0.0945. The smallest absolute Gasteiger partial charge is 0.252 e. The van der Waals surface area contributed by atoms with Crippen molar-refractivity contribution in [3.63, 3.8) is 0 Å². The Morgan fingerprint density at radius 3 is 2.79 bits per heavy atom. The summed E-state index contributed by atoms with van der Waals surface area (Å²) in [5.74, 6) is 0.492. The van der Waals surface area contributed by atoms with Crippen LogP contribution in [0.25, 0.3) is 0 Å². The fraction of sp³-hybridized carbons (Fsp3) is 0.533. The van der Waals surface area contributed by atoms with Crippen LogP contribution in [0.5, 0.6) is 0 Å². The highest BCUT2D eigenvalue weighted by atomic mass is 79.9. The summed E-state index contributed by atoms with van der Waals surface area (Å²) in [5, 5.41) is 3.57. The monoisotopic (exact) mass is 345 g/mol. The third kappa shape index (κ3) is 5.53. The van der Waals surface area contributed by atoms with Crippen molar-refractivity contribution in [1.29, 1.82) is 0 Å². The van der Waals surface area contributed by atoms with E-state index in [1.54, 1.807) is 18.2 Å². The minimum absolute atomic E-state index is 0.0654. The van der Waals surface area contributed by atoms with Gasteiger partial charge in [-0.25, -0.2) is 0 Å². The summed E-state index contributed by atoms with van der Waals surface area (Å²) in [6.07, 6.45) is 4.68. The standard InChI is InChI=1S/C15H21BrClNO/c1-3-5-6-11(4-2)10-18-15(19)13-9-12(17)7-8-14(13)16/h7-9,11H,3-6,10H2,1-2H3,(H,18,19). The summed E-state index contributed by atoms with van der Waals surface area (Å²) >= 11 is 9.30. The van der Waals surface area contributed by atoms with Crippen LogP contribution in [-0.2, 0) is 0 Å². The van der Waals surface area contributed by atoms with Gasteiger partial charge in [0.25, 0.3) is 5.91 Å². The normalized spacial score (nSPS) is 12.2. The van der Waals surface area contributed by atoms with Gasteiger partial charge in [-0.15, -0.1) is 0 Å². The third-order valence-corrected chi connectivity index (χ3v) is 4.19. The first-order chi connectivity index (χ1) is 9.08. The zero-order valence-corrected chi connectivity index (χ0v) is 13.9. The van der Waals surface area contributed by atoms with Crippen molar-refractivity contribution < 1.29 is 4.79 Å². The number of benzene rings is 1. The number of nitrogens with one attached hydrogen (secondary N) is 1. The van der Waals surface area contributed by atoms with Crippen LogP contribution >= 0.6 is 27.5 Å². The summed E-state index contributed by atoms with van der Waals surface area (Å²) in [6, 6.07) is 5.25. The van der Waals surface area contributed by atoms with E-state index in [1.165, 1.54) is 19.3 Å². The molecule has 1 unspecified atom stereocenters. The molecule has 1 amide bonds. The number of hydrogen-bond acceptors (Lipinski definition) is 1. The second-order valence-corrected chi connectivity index (χ2v) is 6.04. The van der Waals surface area contributed by atoms with E-state index in [0.29, 0.717) is 16.5 Å². The molecular formula is C15H21BrClNO. The zero-order chi connectivity index (χ0) is 14.3. The third-order valence-electron chi connectivity index (χ3n) is 3.27. The second kappa shape index (κ2) is 8.60. The molecule has 0 aliphatic carbocycles. The number of halogens is 2. The van der Waals surface area contributed by atoms with Gasteiger partial charge in [0.1, 0.15) is 0 Å². The molecule has 0 bridgehead atoms. The molecule has 2 nitrogen and oxygen atoms in total. The van der Waals surface area contributed by atoms with Crippen LogP contribution < -0.4 is 5.32 Å². The molecule has 0 saturated heterocycles. The summed E-state index contributed by atoms with van der Waals surface area (Å²) in [4.78, 5) is 12.1. The number of amides is 1. The maximum Gasteiger partial charge on any atom is 0.252 e. The van der Waals surface area contributed by atoms with E-state index < -0.39 is 0 Å². The maximum absolute atomic E-state index is 12.1. The molecule has 0 aliphatic heterocycles. The van der Waals surface area contributed by atoms with Gasteiger partial charge in [-0.3, -0.25) is 4.79 Å². The van der Waals surface area contributed by atoms with Crippen LogP contribution in [0.4, 0.5) is 0 Å². The number of hydrogen-bond donors (Lipinski definition) is 1. The van der Waals surface area contributed by atoms with E-state index in [2.05, 4.69) is 35.1 Å². The van der Waals surface area contributed by atoms with Crippen molar-refractivity contribution in [1.82, 2.24) is 5.32 Å². The van der Waals surface area contributed by atoms with Crippen LogP contribution in [0.2, 0.25) is 5.02 Å². The molecule has 0 saturated carbocycles. The molecule has 1 rings (SSSR count). The van der Waals surface area contributed by atoms with Crippen molar-refractivity contribution in [3.05, 3.63) is 33.3 Å². The highest BCUT2D eigenvalue weighted by Crippen LogP contribution is 2.21. The average molecular weight is 347 g/mol. The van der Waals surface area contributed by atoms with Gasteiger partial charge in [-0.2, -0.15) is 0 Å². The molecule has 0 fully saturated rings. The highest BCUT2D eigenvalue weighted by molar-refractivity contribution is 9.10. The van der Waals surface area contributed by atoms with Gasteiger partial charge in [0.15, 0.2) is 0 Å². The Labute approximate surface area is 129 Å². The second-order valence-electron chi connectivity index (χ2n) is 4.75. The largest absolute Gasteiger partial charge is 0.352 e. The Bertz CT molecular complexity index is 423. The molecule has 4 heteroatoms. The molecule has 1 aromatic carbocycles. The first-order valence-electron chi connectivity index (χ1n) is 6.81. The van der Waals surface area contributed by atoms with Gasteiger partial charge in [0, 0.05) is 16.0 Å². The molecule has 0 aromatic heterocycles. The van der Waals surface area contributed by atoms with Crippen LogP contribution in [0.15, 0.2) is 22.7 Å². The topological polar surface area (TPSA) is 29.1 Å². The quantitative estimate of drug-likeness (QED) is 0.735. The lowest BCUT2D eigenvalue weighted by Gasteiger charge is -2.15. The van der Waals surface area contributed by atoms with E-state index in [-0.39, 0.29) is 5.91 Å². The Balaban J connectivity index is 2.56. The minimum Gasteiger partial charge on any atom is -0.352 e. The lowest BCUT2D eigenvalue weighted by Crippen LogP contribution is -2.29. The van der Waals surface area contributed by atoms with Crippen molar-refractivity contribution in [2.24, 2.45) is 5.92 Å². The first kappa shape index (κ1) is 16.5. The molecule has 1 atom stereocenters. The molecule has 0 spiro atoms. The number of carbonyl (C=O) groups excluding carboxylic acids is 1. The van der Waals surface area contributed by atoms with E-state index in [4.69, 9.17) is 11.6 Å². The van der Waals surface area contributed by atoms with E-state index >= 15 is 0 Å². The average Bonchev–Trinajstić information content (AvgIpc) is 2.41. The SMILES string of the molecule is CCCCC(CC)CNC(=O)c1cc(Cl)ccc1Br. The fourth-order valence-corrected chi connectivity index (χ4v) is 2.55. The van der Waals surface area contributed by atoms with Crippen LogP contribution in [0, 0.1) is 5.92 Å². The first-order valence-corrected chi connectivity index (χ1v) is 7.98. The van der Waals surface area contributed by atoms with Gasteiger partial charge >= 0.3 is 0 Å². The van der Waals surface area contributed by atoms with E-state index in [9.17, 15) is 4.79 Å². The highest BCUT2D eigenvalue weighted by Gasteiger charge is 2.12. The summed E-state index contributed by atoms with van der Waals surface area (Å²) in [7, 11) is 0. The van der Waals surface area contributed by atoms with Crippen molar-refractivity contribution in [2.45, 2.75) is 39.5 Å². The number of unbranched alkanes of at least 4 members (excludes halogenated alkanes) is 1. The van der Waals surface area contributed by atoms with Gasteiger partial charge in [0.2, 0.25) is 0 Å². The molecule has 106 valence electrons. The predicted molar refractivity (Wildman–Crippen MR) is 84.8 cm³/mol. The van der Waals surface area contributed by atoms with Gasteiger partial charge in [0.05, 0.1) is 5.56 Å². The van der Waals surface area contributed by atoms with Crippen molar-refractivity contribution in [3.8, 4) is 0 Å². The minimum atomic E-state index is -0.0654. The zero-order valence-electron chi connectivity index (χ0n) is 11.5. The van der Waals surface area contributed by atoms with Gasteiger partial charge in [-0.1, -0.05) is 44.7 Å². The number of carbonyl (C=O) groups is 1. The van der Waals surface area contributed by atoms with Crippen molar-refractivity contribution >= 4 is 33.4 Å². The fourth-order valence-electron chi connectivity index (χ4n) is 1.95. The van der Waals surface area contributed by atoms with Gasteiger partial charge < -0.3 is 5.32 Å². The lowest BCUT2D eigenvalue weighted by atomic mass is 9.99. The Morgan fingerprint density at radius 1 is 1.42 bits per heavy atom. The Hall–Kier alpha value is -0.540. The molecule has 0 aliphatic rings. The van der Waals surface area contributed by atoms with Gasteiger partial charge in [-0.05, 0) is 46.5 Å². The predicted octanol–water partition coefficient (Wildman–Crippen LogP) is 5.05. The maximum atomic E-state index is 12.1. The van der Waals surface area contributed by atoms with E-state index in [0.717, 1.165) is 17.4 Å². The van der Waals surface area contributed by atoms with Crippen LogP contribution in [0.1, 0.15) is 49.9 Å².